The van der Waals surface area contributed by atoms with Crippen molar-refractivity contribution in [3.63, 3.8) is 0 Å². The zero-order valence-corrected chi connectivity index (χ0v) is 75.0. The molecule has 4 nitrogen and oxygen atoms in total. The fourth-order valence-electron chi connectivity index (χ4n) is 16.5. The number of benzene rings is 16. The molecule has 0 bridgehead atoms. The lowest BCUT2D eigenvalue weighted by Crippen LogP contribution is -2.30. The normalized spacial score (nSPS) is 10.4. The molecule has 0 unspecified atom stereocenters. The second-order valence-electron chi connectivity index (χ2n) is 27.6. The van der Waals surface area contributed by atoms with E-state index < -0.39 is 0 Å². The first-order valence-corrected chi connectivity index (χ1v) is 43.4. The highest BCUT2D eigenvalue weighted by Gasteiger charge is 2.23. The van der Waals surface area contributed by atoms with Crippen LogP contribution in [0, 0.1) is 27.7 Å². The van der Waals surface area contributed by atoms with Crippen LogP contribution >= 0.6 is 0 Å². The predicted molar refractivity (Wildman–Crippen MR) is 523 cm³/mol. The lowest BCUT2D eigenvalue weighted by molar-refractivity contribution is -0.660. The van der Waals surface area contributed by atoms with Crippen molar-refractivity contribution in [2.24, 2.45) is 28.2 Å². The van der Waals surface area contributed by atoms with E-state index in [1.54, 1.807) is 0 Å². The van der Waals surface area contributed by atoms with Gasteiger partial charge in [-0.05, 0) is 228 Å². The summed E-state index contributed by atoms with van der Waals surface area (Å²) in [6.07, 6.45) is 8.45. The van der Waals surface area contributed by atoms with Crippen molar-refractivity contribution in [2.75, 3.05) is 0 Å². The van der Waals surface area contributed by atoms with Crippen molar-refractivity contribution < 1.29 is 18.3 Å². The van der Waals surface area contributed by atoms with Gasteiger partial charge in [0.05, 0.1) is 11.1 Å². The van der Waals surface area contributed by atoms with Gasteiger partial charge in [0.2, 0.25) is 22.8 Å². The van der Waals surface area contributed by atoms with Crippen molar-refractivity contribution in [3.05, 3.63) is 350 Å². The molecular weight excluding hydrogens is 1430 g/mol. The van der Waals surface area contributed by atoms with Gasteiger partial charge in [0.15, 0.2) is 24.8 Å². The van der Waals surface area contributed by atoms with E-state index in [1.807, 2.05) is 111 Å². The van der Waals surface area contributed by atoms with Crippen LogP contribution in [0.1, 0.15) is 133 Å². The number of pyridine rings is 4. The molecular formula is C114H126N4+4. The average molecular weight is 1550 g/mol. The molecule has 0 atom stereocenters. The molecule has 0 radical (unpaired) electrons. The van der Waals surface area contributed by atoms with E-state index in [1.165, 1.54) is 197 Å². The molecule has 0 N–H and O–H groups in total. The van der Waals surface area contributed by atoms with Gasteiger partial charge in [0.1, 0.15) is 28.2 Å². The van der Waals surface area contributed by atoms with Gasteiger partial charge in [-0.15, -0.1) is 0 Å². The number of fused-ring (bicyclic) bond motifs is 14. The van der Waals surface area contributed by atoms with Gasteiger partial charge >= 0.3 is 0 Å². The Morgan fingerprint density at radius 1 is 0.169 bits per heavy atom. The molecule has 598 valence electrons. The minimum atomic E-state index is 1.24. The van der Waals surface area contributed by atoms with E-state index >= 15 is 0 Å². The van der Waals surface area contributed by atoms with Crippen LogP contribution in [-0.4, -0.2) is 0 Å². The molecule has 0 aliphatic rings. The minimum Gasteiger partial charge on any atom is -0.201 e. The Hall–Kier alpha value is -12.5. The van der Waals surface area contributed by atoms with E-state index in [0.29, 0.717) is 0 Å². The van der Waals surface area contributed by atoms with E-state index in [4.69, 9.17) is 0 Å². The molecule has 16 aromatic carbocycles. The van der Waals surface area contributed by atoms with Crippen LogP contribution in [0.25, 0.3) is 174 Å². The van der Waals surface area contributed by atoms with E-state index in [2.05, 4.69) is 402 Å². The molecule has 0 saturated heterocycles. The van der Waals surface area contributed by atoms with Crippen LogP contribution in [-0.2, 0) is 28.2 Å². The fourth-order valence-corrected chi connectivity index (χ4v) is 16.5. The summed E-state index contributed by atoms with van der Waals surface area (Å²) in [5.41, 5.74) is 15.6. The maximum Gasteiger partial charge on any atom is 0.213 e. The zero-order chi connectivity index (χ0) is 85.3. The molecule has 0 aliphatic carbocycles. The van der Waals surface area contributed by atoms with Gasteiger partial charge in [0.25, 0.3) is 0 Å². The molecule has 20 rings (SSSR count). The topological polar surface area (TPSA) is 15.5 Å². The molecule has 0 fully saturated rings. The SMILES string of the molecule is CC.CC.CC.CC.CC.CC.CC.CC.Cc1c(-c2cccc[n+]2C)c2ccc3ccccc3c2c2ccccc12.Cc1c(-c2cccc[n+]2C)ccc2c1ccc1cc3ccccc3cc12.Cc1c(-c2cccc[n+]2C)ccc2c1ccc1ccc3ccccc3c12.Cc1cc2ccc3cccc4ccc(c1-c1cccc[n+]1C)c2c34. The Labute approximate surface area is 705 Å². The Balaban J connectivity index is 0.000000169. The summed E-state index contributed by atoms with van der Waals surface area (Å²) >= 11 is 0. The van der Waals surface area contributed by atoms with Crippen LogP contribution in [0.4, 0.5) is 0 Å². The van der Waals surface area contributed by atoms with Gasteiger partial charge in [-0.2, -0.15) is 0 Å². The van der Waals surface area contributed by atoms with Crippen molar-refractivity contribution in [2.45, 2.75) is 138 Å². The third-order valence-electron chi connectivity index (χ3n) is 21.6. The Bertz CT molecular complexity index is 6710. The summed E-state index contributed by atoms with van der Waals surface area (Å²) in [7, 11) is 8.45. The van der Waals surface area contributed by atoms with Crippen LogP contribution in [0.5, 0.6) is 0 Å². The zero-order valence-electron chi connectivity index (χ0n) is 75.0. The molecule has 118 heavy (non-hydrogen) atoms. The van der Waals surface area contributed by atoms with Gasteiger partial charge in [-0.1, -0.05) is 317 Å². The van der Waals surface area contributed by atoms with Crippen LogP contribution < -0.4 is 18.3 Å². The average Bonchev–Trinajstić information content (AvgIpc) is 0.748. The molecule has 0 aliphatic heterocycles. The molecule has 20 aromatic rings. The van der Waals surface area contributed by atoms with Crippen molar-refractivity contribution >= 4 is 129 Å². The quantitative estimate of drug-likeness (QED) is 0.0948. The second-order valence-corrected chi connectivity index (χ2v) is 27.6. The summed E-state index contributed by atoms with van der Waals surface area (Å²) in [5.74, 6) is 0. The molecule has 4 heterocycles. The smallest absolute Gasteiger partial charge is 0.201 e. The van der Waals surface area contributed by atoms with Crippen LogP contribution in [0.3, 0.4) is 0 Å². The lowest BCUT2D eigenvalue weighted by atomic mass is 9.88. The maximum absolute atomic E-state index is 2.33. The number of nitrogens with zero attached hydrogens (tertiary/aromatic N) is 4. The summed E-state index contributed by atoms with van der Waals surface area (Å²) in [4.78, 5) is 0. The van der Waals surface area contributed by atoms with E-state index in [-0.39, 0.29) is 0 Å². The monoisotopic (exact) mass is 1550 g/mol. The Morgan fingerprint density at radius 2 is 0.483 bits per heavy atom. The number of rotatable bonds is 4. The first-order chi connectivity index (χ1) is 57.9. The molecule has 4 aromatic heterocycles. The van der Waals surface area contributed by atoms with E-state index in [9.17, 15) is 0 Å². The van der Waals surface area contributed by atoms with Gasteiger partial charge in [-0.25, -0.2) is 18.3 Å². The van der Waals surface area contributed by atoms with Gasteiger partial charge in [0, 0.05) is 59.7 Å². The Morgan fingerprint density at radius 3 is 0.983 bits per heavy atom. The maximum atomic E-state index is 2.33. The lowest BCUT2D eigenvalue weighted by Gasteiger charge is -2.15. The van der Waals surface area contributed by atoms with Crippen LogP contribution in [0.2, 0.25) is 0 Å². The van der Waals surface area contributed by atoms with Crippen molar-refractivity contribution in [1.82, 2.24) is 0 Å². The summed E-state index contributed by atoms with van der Waals surface area (Å²) in [6.45, 7) is 40.9. The van der Waals surface area contributed by atoms with Crippen LogP contribution in [0.15, 0.2) is 328 Å². The Kier molecular flexibility index (Phi) is 32.5. The molecule has 0 saturated carbocycles. The molecule has 0 spiro atoms. The number of aromatic nitrogens is 4. The fraction of sp³-hybridized carbons (Fsp3) is 0.211. The van der Waals surface area contributed by atoms with Crippen molar-refractivity contribution in [3.8, 4) is 45.0 Å². The highest BCUT2D eigenvalue weighted by molar-refractivity contribution is 6.27. The highest BCUT2D eigenvalue weighted by atomic mass is 14.9. The second kappa shape index (κ2) is 42.9. The highest BCUT2D eigenvalue weighted by Crippen LogP contribution is 2.44. The summed E-state index contributed by atoms with van der Waals surface area (Å²) in [6, 6.07) is 110. The number of aryl methyl sites for hydroxylation is 8. The first-order valence-electron chi connectivity index (χ1n) is 43.4. The minimum absolute atomic E-state index is 1.24. The largest absolute Gasteiger partial charge is 0.213 e. The van der Waals surface area contributed by atoms with E-state index in [0.717, 1.165) is 0 Å². The van der Waals surface area contributed by atoms with Gasteiger partial charge < -0.3 is 0 Å². The predicted octanol–water partition coefficient (Wildman–Crippen LogP) is 31.4. The molecule has 0 amide bonds. The number of hydrogen-bond donors (Lipinski definition) is 0. The summed E-state index contributed by atoms with van der Waals surface area (Å²) < 4.78 is 8.79. The number of hydrogen-bond acceptors (Lipinski definition) is 0. The first kappa shape index (κ1) is 89.4. The molecule has 4 heteroatoms. The third-order valence-corrected chi connectivity index (χ3v) is 21.6. The van der Waals surface area contributed by atoms with Crippen molar-refractivity contribution in [1.29, 1.82) is 0 Å². The van der Waals surface area contributed by atoms with Gasteiger partial charge in [-0.3, -0.25) is 0 Å². The summed E-state index contributed by atoms with van der Waals surface area (Å²) in [5, 5.41) is 31.8. The third kappa shape index (κ3) is 18.0. The standard InChI is InChI=1S/3C25H20N.C23H18N.8C2H6/c1-17-19-10-5-6-12-21(19)25-20-11-4-3-9-18(20)14-15-22(25)24(17)23-13-7-8-16-26(23)2;1-17-20-13-12-19-11-10-18-7-3-4-8-22(18)25(19)23(20)15-14-21(17)24-9-5-6-16-26(24)2;1-17-21-11-10-20-15-18-7-3-4-8-19(18)16-24(20)23(21)13-12-22(17)25-9-5-6-14-26(25)2;1-15-14-18-10-9-16-6-5-7-17-11-12-19(23(18)22(16)17)21(15)20-8-3-4-13-24(20)2;8*1-2/h3*3-16H,1-2H3;3-14H,1-2H3;8*1-2H3/q4*+1;;;;;;;;.